The van der Waals surface area contributed by atoms with Crippen molar-refractivity contribution < 1.29 is 14.6 Å². The van der Waals surface area contributed by atoms with Gasteiger partial charge in [0.15, 0.2) is 5.82 Å². The number of carbonyl (C=O) groups is 1. The fourth-order valence-electron chi connectivity index (χ4n) is 2.18. The largest absolute Gasteiger partial charge is 0.497 e. The number of nitrogens with one attached hydrogen (secondary N) is 1. The molecule has 2 N–H and O–H groups in total. The van der Waals surface area contributed by atoms with Crippen LogP contribution in [0.4, 0.5) is 0 Å². The number of carboxylic acid groups (broad SMARTS) is 1. The van der Waals surface area contributed by atoms with Crippen LogP contribution in [-0.4, -0.2) is 39.3 Å². The molecular weight excluding hydrogens is 340 g/mol. The molecule has 3 aromatic rings. The van der Waals surface area contributed by atoms with Gasteiger partial charge in [0.05, 0.1) is 18.9 Å². The summed E-state index contributed by atoms with van der Waals surface area (Å²) in [5.74, 6) is 0.273. The summed E-state index contributed by atoms with van der Waals surface area (Å²) in [7, 11) is 1.59. The smallest absolute Gasteiger partial charge is 0.335 e. The number of H-pyrrole nitrogens is 1. The van der Waals surface area contributed by atoms with E-state index in [1.165, 1.54) is 16.8 Å². The minimum atomic E-state index is -0.971. The third-order valence-corrected chi connectivity index (χ3v) is 3.72. The van der Waals surface area contributed by atoms with Crippen LogP contribution in [0, 0.1) is 4.77 Å². The van der Waals surface area contributed by atoms with Crippen molar-refractivity contribution in [2.75, 3.05) is 7.11 Å². The molecule has 7 nitrogen and oxygen atoms in total. The number of nitrogens with zero attached hydrogens (tertiary/aromatic N) is 3. The number of ether oxygens (including phenoxy) is 1. The third-order valence-electron chi connectivity index (χ3n) is 3.46. The van der Waals surface area contributed by atoms with Crippen LogP contribution in [0.15, 0.2) is 53.6 Å². The van der Waals surface area contributed by atoms with Gasteiger partial charge in [-0.15, -0.1) is 0 Å². The van der Waals surface area contributed by atoms with Crippen LogP contribution < -0.4 is 4.74 Å². The highest BCUT2D eigenvalue weighted by atomic mass is 32.1. The van der Waals surface area contributed by atoms with Crippen LogP contribution in [0.1, 0.15) is 15.9 Å². The summed E-state index contributed by atoms with van der Waals surface area (Å²) in [4.78, 5) is 10.9. The van der Waals surface area contributed by atoms with E-state index in [4.69, 9.17) is 22.1 Å². The van der Waals surface area contributed by atoms with Gasteiger partial charge in [0, 0.05) is 5.56 Å². The molecule has 1 aromatic heterocycles. The van der Waals surface area contributed by atoms with Crippen molar-refractivity contribution in [1.29, 1.82) is 0 Å². The maximum absolute atomic E-state index is 10.9. The molecule has 0 aliphatic heterocycles. The van der Waals surface area contributed by atoms with Crippen LogP contribution >= 0.6 is 12.2 Å². The van der Waals surface area contributed by atoms with Crippen LogP contribution in [0.25, 0.3) is 11.4 Å². The van der Waals surface area contributed by atoms with Gasteiger partial charge in [-0.05, 0) is 42.0 Å². The first-order chi connectivity index (χ1) is 12.1. The van der Waals surface area contributed by atoms with E-state index >= 15 is 0 Å². The fourth-order valence-corrected chi connectivity index (χ4v) is 2.36. The SMILES string of the molecule is COc1cccc(-c2n[nH]c(=S)n2/N=C/c2ccc(C(=O)O)cc2)c1. The van der Waals surface area contributed by atoms with E-state index in [1.54, 1.807) is 25.5 Å². The van der Waals surface area contributed by atoms with Crippen LogP contribution in [-0.2, 0) is 0 Å². The average Bonchev–Trinajstić information content (AvgIpc) is 3.01. The van der Waals surface area contributed by atoms with Gasteiger partial charge in [-0.2, -0.15) is 14.9 Å². The molecule has 0 saturated carbocycles. The average molecular weight is 354 g/mol. The first kappa shape index (κ1) is 16.6. The second-order valence-corrected chi connectivity index (χ2v) is 5.45. The molecule has 3 rings (SSSR count). The number of hydrogen-bond acceptors (Lipinski definition) is 5. The zero-order valence-corrected chi connectivity index (χ0v) is 14.0. The predicted molar refractivity (Wildman–Crippen MR) is 95.8 cm³/mol. The summed E-state index contributed by atoms with van der Waals surface area (Å²) in [6.45, 7) is 0. The van der Waals surface area contributed by atoms with Crippen LogP contribution in [0.5, 0.6) is 5.75 Å². The highest BCUT2D eigenvalue weighted by Crippen LogP contribution is 2.22. The van der Waals surface area contributed by atoms with Gasteiger partial charge < -0.3 is 9.84 Å². The Morgan fingerprint density at radius 1 is 1.32 bits per heavy atom. The molecular formula is C17H14N4O3S. The summed E-state index contributed by atoms with van der Waals surface area (Å²) in [6.07, 6.45) is 1.58. The lowest BCUT2D eigenvalue weighted by molar-refractivity contribution is 0.0697. The van der Waals surface area contributed by atoms with Gasteiger partial charge in [-0.3, -0.25) is 0 Å². The molecule has 25 heavy (non-hydrogen) atoms. The third kappa shape index (κ3) is 3.64. The van der Waals surface area contributed by atoms with E-state index in [2.05, 4.69) is 15.3 Å². The molecule has 8 heteroatoms. The minimum absolute atomic E-state index is 0.217. The lowest BCUT2D eigenvalue weighted by Crippen LogP contribution is -1.97. The zero-order valence-electron chi connectivity index (χ0n) is 13.2. The van der Waals surface area contributed by atoms with Gasteiger partial charge in [0.2, 0.25) is 4.77 Å². The zero-order chi connectivity index (χ0) is 17.8. The highest BCUT2D eigenvalue weighted by Gasteiger charge is 2.09. The summed E-state index contributed by atoms with van der Waals surface area (Å²) < 4.78 is 7.06. The summed E-state index contributed by atoms with van der Waals surface area (Å²) >= 11 is 5.23. The van der Waals surface area contributed by atoms with Gasteiger partial charge in [-0.25, -0.2) is 9.89 Å². The Kier molecular flexibility index (Phi) is 4.71. The number of aromatic carboxylic acids is 1. The van der Waals surface area contributed by atoms with Gasteiger partial charge in [0.25, 0.3) is 0 Å². The second kappa shape index (κ2) is 7.10. The molecule has 0 atom stereocenters. The van der Waals surface area contributed by atoms with Crippen molar-refractivity contribution in [2.24, 2.45) is 5.10 Å². The number of aromatic amines is 1. The number of benzene rings is 2. The molecule has 0 bridgehead atoms. The van der Waals surface area contributed by atoms with Crippen molar-refractivity contribution in [3.8, 4) is 17.1 Å². The Balaban J connectivity index is 1.94. The van der Waals surface area contributed by atoms with Gasteiger partial charge in [-0.1, -0.05) is 24.3 Å². The lowest BCUT2D eigenvalue weighted by Gasteiger charge is -2.04. The van der Waals surface area contributed by atoms with E-state index < -0.39 is 5.97 Å². The lowest BCUT2D eigenvalue weighted by atomic mass is 10.1. The summed E-state index contributed by atoms with van der Waals surface area (Å²) in [5, 5.41) is 20.2. The van der Waals surface area contributed by atoms with E-state index in [9.17, 15) is 4.79 Å². The Labute approximate surface area is 148 Å². The summed E-state index contributed by atoms with van der Waals surface area (Å²) in [6, 6.07) is 13.8. The molecule has 0 spiro atoms. The highest BCUT2D eigenvalue weighted by molar-refractivity contribution is 7.71. The molecule has 2 aromatic carbocycles. The molecule has 0 amide bonds. The molecule has 1 heterocycles. The van der Waals surface area contributed by atoms with Crippen molar-refractivity contribution in [3.05, 3.63) is 64.4 Å². The van der Waals surface area contributed by atoms with E-state index in [1.807, 2.05) is 24.3 Å². The number of rotatable bonds is 5. The maximum Gasteiger partial charge on any atom is 0.335 e. The van der Waals surface area contributed by atoms with Crippen molar-refractivity contribution in [2.45, 2.75) is 0 Å². The normalized spacial score (nSPS) is 10.9. The Bertz CT molecular complexity index is 990. The predicted octanol–water partition coefficient (Wildman–Crippen LogP) is 3.20. The van der Waals surface area contributed by atoms with Gasteiger partial charge in [0.1, 0.15) is 5.75 Å². The Morgan fingerprint density at radius 3 is 2.76 bits per heavy atom. The quantitative estimate of drug-likeness (QED) is 0.542. The van der Waals surface area contributed by atoms with Crippen LogP contribution in [0.3, 0.4) is 0 Å². The van der Waals surface area contributed by atoms with E-state index in [0.29, 0.717) is 16.3 Å². The Morgan fingerprint density at radius 2 is 2.08 bits per heavy atom. The first-order valence-electron chi connectivity index (χ1n) is 7.28. The Hall–Kier alpha value is -3.26. The van der Waals surface area contributed by atoms with Gasteiger partial charge >= 0.3 is 5.97 Å². The number of hydrogen-bond donors (Lipinski definition) is 2. The minimum Gasteiger partial charge on any atom is -0.497 e. The summed E-state index contributed by atoms with van der Waals surface area (Å²) in [5.41, 5.74) is 1.75. The van der Waals surface area contributed by atoms with E-state index in [0.717, 1.165) is 11.1 Å². The molecule has 0 unspecified atom stereocenters. The van der Waals surface area contributed by atoms with Crippen molar-refractivity contribution in [3.63, 3.8) is 0 Å². The van der Waals surface area contributed by atoms with Crippen molar-refractivity contribution >= 4 is 24.4 Å². The number of aromatic nitrogens is 3. The van der Waals surface area contributed by atoms with E-state index in [-0.39, 0.29) is 5.56 Å². The topological polar surface area (TPSA) is 92.5 Å². The fraction of sp³-hybridized carbons (Fsp3) is 0.0588. The molecule has 0 fully saturated rings. The number of methoxy groups -OCH3 is 1. The number of carboxylic acids is 1. The second-order valence-electron chi connectivity index (χ2n) is 5.07. The molecule has 126 valence electrons. The standard InChI is InChI=1S/C17H14N4O3S/c1-24-14-4-2-3-13(9-14)15-19-20-17(25)21(15)18-10-11-5-7-12(8-6-11)16(22)23/h2-10H,1H3,(H,20,25)(H,22,23)/b18-10+. The maximum atomic E-state index is 10.9. The molecule has 0 saturated heterocycles. The van der Waals surface area contributed by atoms with Crippen LogP contribution in [0.2, 0.25) is 0 Å². The molecule has 0 radical (unpaired) electrons. The van der Waals surface area contributed by atoms with Crippen molar-refractivity contribution in [1.82, 2.24) is 14.9 Å². The molecule has 0 aliphatic carbocycles. The monoisotopic (exact) mass is 354 g/mol. The first-order valence-corrected chi connectivity index (χ1v) is 7.69. The molecule has 0 aliphatic rings.